The average molecular weight is 395 g/mol. The summed E-state index contributed by atoms with van der Waals surface area (Å²) in [6.07, 6.45) is 3.94. The van der Waals surface area contributed by atoms with Crippen LogP contribution in [0.1, 0.15) is 15.4 Å². The number of thiazole rings is 1. The molecule has 0 aliphatic rings. The van der Waals surface area contributed by atoms with E-state index in [1.54, 1.807) is 33.6 Å². The number of aryl methyl sites for hydroxylation is 1. The molecule has 136 valence electrons. The van der Waals surface area contributed by atoms with Crippen molar-refractivity contribution in [3.05, 3.63) is 75.7 Å². The number of amides is 1. The van der Waals surface area contributed by atoms with Crippen LogP contribution in [0.2, 0.25) is 0 Å². The van der Waals surface area contributed by atoms with Crippen LogP contribution in [-0.2, 0) is 17.8 Å². The van der Waals surface area contributed by atoms with Crippen LogP contribution in [0.25, 0.3) is 16.3 Å². The predicted molar refractivity (Wildman–Crippen MR) is 109 cm³/mol. The molecule has 5 nitrogen and oxygen atoms in total. The van der Waals surface area contributed by atoms with E-state index < -0.39 is 0 Å². The Hall–Kier alpha value is -2.77. The highest BCUT2D eigenvalue weighted by molar-refractivity contribution is 7.16. The van der Waals surface area contributed by atoms with Crippen LogP contribution in [0, 0.1) is 6.92 Å². The van der Waals surface area contributed by atoms with Gasteiger partial charge in [-0.25, -0.2) is 9.67 Å². The first-order valence-electron chi connectivity index (χ1n) is 8.54. The second kappa shape index (κ2) is 7.85. The van der Waals surface area contributed by atoms with E-state index in [4.69, 9.17) is 0 Å². The Morgan fingerprint density at radius 1 is 1.19 bits per heavy atom. The molecule has 4 aromatic rings. The van der Waals surface area contributed by atoms with Gasteiger partial charge in [0.05, 0.1) is 40.4 Å². The first-order chi connectivity index (χ1) is 13.2. The molecule has 0 unspecified atom stereocenters. The zero-order valence-corrected chi connectivity index (χ0v) is 16.4. The number of hydrogen-bond acceptors (Lipinski definition) is 5. The summed E-state index contributed by atoms with van der Waals surface area (Å²) in [5.74, 6) is -0.0120. The molecule has 3 aromatic heterocycles. The summed E-state index contributed by atoms with van der Waals surface area (Å²) in [5, 5.41) is 10.4. The van der Waals surface area contributed by atoms with Gasteiger partial charge in [-0.05, 0) is 36.8 Å². The zero-order chi connectivity index (χ0) is 18.6. The van der Waals surface area contributed by atoms with E-state index in [1.807, 2.05) is 49.5 Å². The summed E-state index contributed by atoms with van der Waals surface area (Å²) >= 11 is 3.31. The third-order valence-electron chi connectivity index (χ3n) is 4.01. The number of nitrogens with one attached hydrogen (secondary N) is 1. The molecule has 0 atom stereocenters. The summed E-state index contributed by atoms with van der Waals surface area (Å²) in [6, 6.07) is 14.0. The van der Waals surface area contributed by atoms with Crippen LogP contribution >= 0.6 is 22.7 Å². The normalized spacial score (nSPS) is 10.9. The zero-order valence-electron chi connectivity index (χ0n) is 14.8. The molecule has 0 radical (unpaired) electrons. The molecule has 27 heavy (non-hydrogen) atoms. The Bertz CT molecular complexity index is 1050. The molecule has 0 bridgehead atoms. The van der Waals surface area contributed by atoms with Crippen LogP contribution in [0.4, 0.5) is 0 Å². The van der Waals surface area contributed by atoms with Crippen molar-refractivity contribution in [2.45, 2.75) is 19.9 Å². The van der Waals surface area contributed by atoms with Crippen LogP contribution in [-0.4, -0.2) is 20.7 Å². The van der Waals surface area contributed by atoms with Crippen LogP contribution in [0.5, 0.6) is 0 Å². The third kappa shape index (κ3) is 4.32. The topological polar surface area (TPSA) is 59.8 Å². The number of benzene rings is 1. The van der Waals surface area contributed by atoms with Gasteiger partial charge in [-0.15, -0.1) is 22.7 Å². The molecular weight excluding hydrogens is 376 g/mol. The van der Waals surface area contributed by atoms with E-state index in [0.29, 0.717) is 13.0 Å². The predicted octanol–water partition coefficient (Wildman–Crippen LogP) is 4.22. The van der Waals surface area contributed by atoms with Gasteiger partial charge >= 0.3 is 0 Å². The Morgan fingerprint density at radius 3 is 2.81 bits per heavy atom. The van der Waals surface area contributed by atoms with Crippen molar-refractivity contribution in [3.8, 4) is 16.3 Å². The maximum atomic E-state index is 12.3. The fourth-order valence-electron chi connectivity index (χ4n) is 2.69. The van der Waals surface area contributed by atoms with Crippen LogP contribution in [0.3, 0.4) is 0 Å². The molecule has 4 rings (SSSR count). The summed E-state index contributed by atoms with van der Waals surface area (Å²) in [6.45, 7) is 2.53. The highest BCUT2D eigenvalue weighted by atomic mass is 32.1. The van der Waals surface area contributed by atoms with Crippen molar-refractivity contribution < 1.29 is 4.79 Å². The van der Waals surface area contributed by atoms with Crippen molar-refractivity contribution in [1.82, 2.24) is 20.1 Å². The van der Waals surface area contributed by atoms with E-state index in [1.165, 1.54) is 0 Å². The minimum atomic E-state index is -0.0120. The number of hydrogen-bond donors (Lipinski definition) is 1. The number of carbonyl (C=O) groups is 1. The molecule has 1 amide bonds. The molecule has 0 fully saturated rings. The molecule has 1 aromatic carbocycles. The molecule has 0 aliphatic carbocycles. The van der Waals surface area contributed by atoms with Crippen molar-refractivity contribution in [1.29, 1.82) is 0 Å². The third-order valence-corrected chi connectivity index (χ3v) is 5.90. The van der Waals surface area contributed by atoms with Crippen molar-refractivity contribution in [2.75, 3.05) is 0 Å². The number of aromatic nitrogens is 3. The Labute approximate surface area is 165 Å². The lowest BCUT2D eigenvalue weighted by Gasteiger charge is -2.02. The molecule has 1 N–H and O–H groups in total. The largest absolute Gasteiger partial charge is 0.351 e. The first-order valence-corrected chi connectivity index (χ1v) is 10.2. The lowest BCUT2D eigenvalue weighted by molar-refractivity contribution is -0.120. The molecule has 0 saturated carbocycles. The molecule has 0 spiro atoms. The minimum absolute atomic E-state index is 0.0120. The van der Waals surface area contributed by atoms with Gasteiger partial charge in [0, 0.05) is 16.5 Å². The quantitative estimate of drug-likeness (QED) is 0.532. The summed E-state index contributed by atoms with van der Waals surface area (Å²) < 4.78 is 1.78. The van der Waals surface area contributed by atoms with Gasteiger partial charge in [-0.3, -0.25) is 4.79 Å². The fourth-order valence-corrected chi connectivity index (χ4v) is 4.29. The summed E-state index contributed by atoms with van der Waals surface area (Å²) in [7, 11) is 0. The smallest absolute Gasteiger partial charge is 0.224 e. The van der Waals surface area contributed by atoms with E-state index in [9.17, 15) is 4.79 Å². The highest BCUT2D eigenvalue weighted by Gasteiger charge is 2.09. The lowest BCUT2D eigenvalue weighted by Crippen LogP contribution is -2.23. The van der Waals surface area contributed by atoms with Gasteiger partial charge in [0.2, 0.25) is 5.91 Å². The van der Waals surface area contributed by atoms with Gasteiger partial charge < -0.3 is 5.32 Å². The first kappa shape index (κ1) is 17.6. The SMILES string of the molecule is Cc1nc(-c2ccc(CNC(=O)Cc3cnn(-c4ccccc4)c3)s2)cs1. The van der Waals surface area contributed by atoms with Crippen molar-refractivity contribution in [2.24, 2.45) is 0 Å². The van der Waals surface area contributed by atoms with Gasteiger partial charge in [0.15, 0.2) is 0 Å². The Morgan fingerprint density at radius 2 is 2.04 bits per heavy atom. The molecule has 0 aliphatic heterocycles. The van der Waals surface area contributed by atoms with Crippen LogP contribution in [0.15, 0.2) is 60.2 Å². The number of nitrogens with zero attached hydrogens (tertiary/aromatic N) is 3. The van der Waals surface area contributed by atoms with Crippen LogP contribution < -0.4 is 5.32 Å². The molecular formula is C20H18N4OS2. The number of rotatable bonds is 6. The maximum Gasteiger partial charge on any atom is 0.224 e. The average Bonchev–Trinajstić information content (AvgIpc) is 3.41. The highest BCUT2D eigenvalue weighted by Crippen LogP contribution is 2.28. The molecule has 3 heterocycles. The summed E-state index contributed by atoms with van der Waals surface area (Å²) in [5.41, 5.74) is 2.88. The van der Waals surface area contributed by atoms with E-state index in [2.05, 4.69) is 26.8 Å². The second-order valence-electron chi connectivity index (χ2n) is 6.10. The second-order valence-corrected chi connectivity index (χ2v) is 8.33. The number of carbonyl (C=O) groups excluding carboxylic acids is 1. The summed E-state index contributed by atoms with van der Waals surface area (Å²) in [4.78, 5) is 19.0. The van der Waals surface area contributed by atoms with Crippen molar-refractivity contribution in [3.63, 3.8) is 0 Å². The van der Waals surface area contributed by atoms with E-state index in [0.717, 1.165) is 31.7 Å². The fraction of sp³-hybridized carbons (Fsp3) is 0.150. The van der Waals surface area contributed by atoms with Gasteiger partial charge in [-0.2, -0.15) is 5.10 Å². The number of para-hydroxylation sites is 1. The maximum absolute atomic E-state index is 12.3. The Balaban J connectivity index is 1.33. The molecule has 0 saturated heterocycles. The minimum Gasteiger partial charge on any atom is -0.351 e. The van der Waals surface area contributed by atoms with E-state index in [-0.39, 0.29) is 5.91 Å². The van der Waals surface area contributed by atoms with Gasteiger partial charge in [0.1, 0.15) is 0 Å². The monoisotopic (exact) mass is 394 g/mol. The standard InChI is InChI=1S/C20H18N4OS2/c1-14-23-18(13-26-14)19-8-7-17(27-19)11-21-20(25)9-15-10-22-24(12-15)16-5-3-2-4-6-16/h2-8,10,12-13H,9,11H2,1H3,(H,21,25). The van der Waals surface area contributed by atoms with Gasteiger partial charge in [-0.1, -0.05) is 18.2 Å². The van der Waals surface area contributed by atoms with Gasteiger partial charge in [0.25, 0.3) is 0 Å². The number of thiophene rings is 1. The Kier molecular flexibility index (Phi) is 5.13. The molecule has 7 heteroatoms. The van der Waals surface area contributed by atoms with E-state index >= 15 is 0 Å². The van der Waals surface area contributed by atoms with Crippen molar-refractivity contribution >= 4 is 28.6 Å². The lowest BCUT2D eigenvalue weighted by atomic mass is 10.2.